The fourth-order valence-corrected chi connectivity index (χ4v) is 4.70. The number of nitrogens with one attached hydrogen (secondary N) is 2. The van der Waals surface area contributed by atoms with Gasteiger partial charge < -0.3 is 38.7 Å². The Morgan fingerprint density at radius 2 is 1.54 bits per heavy atom. The Morgan fingerprint density at radius 1 is 0.872 bits per heavy atom. The number of aromatic amines is 2. The Labute approximate surface area is 230 Å². The number of H-pyrrole nitrogens is 2. The van der Waals surface area contributed by atoms with E-state index in [0.717, 1.165) is 62.2 Å². The van der Waals surface area contributed by atoms with Gasteiger partial charge in [0.2, 0.25) is 0 Å². The Hall–Kier alpha value is -3.53. The van der Waals surface area contributed by atoms with E-state index in [9.17, 15) is 4.79 Å². The van der Waals surface area contributed by atoms with Crippen LogP contribution in [-0.2, 0) is 27.4 Å². The molecule has 39 heavy (non-hydrogen) atoms. The van der Waals surface area contributed by atoms with Crippen LogP contribution >= 0.6 is 0 Å². The van der Waals surface area contributed by atoms with Gasteiger partial charge in [-0.15, -0.1) is 0 Å². The number of fused-ring (bicyclic) bond motifs is 2. The molecule has 0 saturated carbocycles. The predicted octanol–water partition coefficient (Wildman–Crippen LogP) is 4.60. The SMILES string of the molecule is COCCOc1ccc2c(-c3[c]c4ccc(OCCCC(=O)OC)c(CN(C)C)c4[nH]3)c[nH]c2c1CN(C)C. The minimum Gasteiger partial charge on any atom is -0.493 e. The molecule has 209 valence electrons. The van der Waals surface area contributed by atoms with Crippen LogP contribution in [0.1, 0.15) is 24.0 Å². The Morgan fingerprint density at radius 3 is 2.21 bits per heavy atom. The van der Waals surface area contributed by atoms with Gasteiger partial charge >= 0.3 is 5.97 Å². The van der Waals surface area contributed by atoms with Crippen molar-refractivity contribution in [1.82, 2.24) is 19.8 Å². The van der Waals surface area contributed by atoms with Crippen LogP contribution in [0.25, 0.3) is 33.1 Å². The summed E-state index contributed by atoms with van der Waals surface area (Å²) in [6.45, 7) is 2.89. The van der Waals surface area contributed by atoms with E-state index >= 15 is 0 Å². The van der Waals surface area contributed by atoms with Gasteiger partial charge in [-0.3, -0.25) is 4.79 Å². The highest BCUT2D eigenvalue weighted by Gasteiger charge is 2.19. The van der Waals surface area contributed by atoms with E-state index in [1.807, 2.05) is 38.5 Å². The Bertz CT molecular complexity index is 1410. The molecule has 0 bridgehead atoms. The predicted molar refractivity (Wildman–Crippen MR) is 153 cm³/mol. The number of hydrogen-bond acceptors (Lipinski definition) is 7. The van der Waals surface area contributed by atoms with Gasteiger partial charge in [0.15, 0.2) is 0 Å². The third-order valence-electron chi connectivity index (χ3n) is 6.47. The highest BCUT2D eigenvalue weighted by Crippen LogP contribution is 2.37. The van der Waals surface area contributed by atoms with Crippen LogP contribution < -0.4 is 9.47 Å². The summed E-state index contributed by atoms with van der Waals surface area (Å²) < 4.78 is 22.1. The van der Waals surface area contributed by atoms with Crippen LogP contribution in [0, 0.1) is 6.07 Å². The van der Waals surface area contributed by atoms with Crippen LogP contribution in [-0.4, -0.2) is 88.0 Å². The summed E-state index contributed by atoms with van der Waals surface area (Å²) in [5, 5.41) is 2.09. The molecular weight excluding hydrogens is 496 g/mol. The minimum atomic E-state index is -0.229. The molecule has 0 fully saturated rings. The van der Waals surface area contributed by atoms with Crippen molar-refractivity contribution in [3.8, 4) is 22.8 Å². The number of carbonyl (C=O) groups is 1. The maximum Gasteiger partial charge on any atom is 0.305 e. The van der Waals surface area contributed by atoms with E-state index in [1.165, 1.54) is 7.11 Å². The van der Waals surface area contributed by atoms with E-state index in [1.54, 1.807) is 7.11 Å². The molecule has 1 radical (unpaired) electrons. The van der Waals surface area contributed by atoms with Crippen molar-refractivity contribution in [2.24, 2.45) is 0 Å². The Balaban J connectivity index is 1.70. The molecule has 4 rings (SSSR count). The molecular formula is C30H39N4O5. The molecule has 4 aromatic rings. The summed E-state index contributed by atoms with van der Waals surface area (Å²) in [5.74, 6) is 1.42. The quantitative estimate of drug-likeness (QED) is 0.180. The van der Waals surface area contributed by atoms with E-state index in [-0.39, 0.29) is 5.97 Å². The second kappa shape index (κ2) is 13.0. The highest BCUT2D eigenvalue weighted by atomic mass is 16.5. The molecule has 0 saturated heterocycles. The van der Waals surface area contributed by atoms with Gasteiger partial charge in [-0.1, -0.05) is 0 Å². The van der Waals surface area contributed by atoms with Crippen LogP contribution in [0.4, 0.5) is 0 Å². The lowest BCUT2D eigenvalue weighted by molar-refractivity contribution is -0.140. The summed E-state index contributed by atoms with van der Waals surface area (Å²) in [5.41, 5.74) is 6.14. The number of esters is 1. The Kier molecular flexibility index (Phi) is 9.50. The molecule has 0 unspecified atom stereocenters. The molecule has 2 aromatic heterocycles. The summed E-state index contributed by atoms with van der Waals surface area (Å²) in [4.78, 5) is 22.8. The van der Waals surface area contributed by atoms with E-state index in [2.05, 4.69) is 46.0 Å². The fraction of sp³-hybridized carbons (Fsp3) is 0.433. The number of benzene rings is 2. The first-order valence-corrected chi connectivity index (χ1v) is 13.1. The highest BCUT2D eigenvalue weighted by molar-refractivity contribution is 6.00. The molecule has 2 N–H and O–H groups in total. The molecule has 2 aromatic carbocycles. The zero-order valence-corrected chi connectivity index (χ0v) is 23.8. The summed E-state index contributed by atoms with van der Waals surface area (Å²) in [6, 6.07) is 11.7. The lowest BCUT2D eigenvalue weighted by atomic mass is 10.1. The zero-order valence-electron chi connectivity index (χ0n) is 23.8. The molecule has 0 spiro atoms. The van der Waals surface area contributed by atoms with Crippen molar-refractivity contribution in [1.29, 1.82) is 0 Å². The van der Waals surface area contributed by atoms with E-state index in [0.29, 0.717) is 39.2 Å². The zero-order chi connectivity index (χ0) is 27.9. The lowest BCUT2D eigenvalue weighted by Gasteiger charge is -2.16. The lowest BCUT2D eigenvalue weighted by Crippen LogP contribution is -2.13. The van der Waals surface area contributed by atoms with Crippen molar-refractivity contribution in [3.63, 3.8) is 0 Å². The van der Waals surface area contributed by atoms with Crippen molar-refractivity contribution in [2.75, 3.05) is 62.2 Å². The van der Waals surface area contributed by atoms with Gasteiger partial charge in [0.1, 0.15) is 18.1 Å². The largest absolute Gasteiger partial charge is 0.493 e. The maximum atomic E-state index is 11.5. The normalized spacial score (nSPS) is 11.7. The second-order valence-electron chi connectivity index (χ2n) is 10.1. The smallest absolute Gasteiger partial charge is 0.305 e. The van der Waals surface area contributed by atoms with Crippen molar-refractivity contribution >= 4 is 27.8 Å². The fourth-order valence-electron chi connectivity index (χ4n) is 4.70. The van der Waals surface area contributed by atoms with Gasteiger partial charge in [-0.2, -0.15) is 0 Å². The molecule has 0 aliphatic carbocycles. The summed E-state index contributed by atoms with van der Waals surface area (Å²) in [6.07, 6.45) is 2.95. The van der Waals surface area contributed by atoms with Gasteiger partial charge in [0, 0.05) is 66.3 Å². The first kappa shape index (κ1) is 28.5. The van der Waals surface area contributed by atoms with Crippen LogP contribution in [0.2, 0.25) is 0 Å². The molecule has 0 atom stereocenters. The first-order valence-electron chi connectivity index (χ1n) is 13.1. The van der Waals surface area contributed by atoms with E-state index < -0.39 is 0 Å². The van der Waals surface area contributed by atoms with Crippen LogP contribution in [0.5, 0.6) is 11.5 Å². The number of carbonyl (C=O) groups excluding carboxylic acids is 1. The molecule has 9 heteroatoms. The summed E-state index contributed by atoms with van der Waals surface area (Å²) >= 11 is 0. The molecule has 0 aliphatic rings. The van der Waals surface area contributed by atoms with Gasteiger partial charge in [0.05, 0.1) is 37.1 Å². The van der Waals surface area contributed by atoms with Crippen molar-refractivity contribution in [3.05, 3.63) is 47.7 Å². The molecule has 0 aliphatic heterocycles. The number of ether oxygens (including phenoxy) is 4. The standard InChI is InChI=1S/C30H39N4O5/c1-33(2)18-23-26(38-13-7-8-28(35)37-6)11-9-20-16-25(32-29(20)23)22-17-31-30-21(22)10-12-27(39-15-14-36-5)24(30)19-34(3)4/h9-12,17,31-32H,7-8,13-15,18-19H2,1-6H3. The average molecular weight is 536 g/mol. The van der Waals surface area contributed by atoms with Crippen molar-refractivity contribution < 1.29 is 23.7 Å². The number of hydrogen-bond donors (Lipinski definition) is 2. The number of methoxy groups -OCH3 is 2. The number of nitrogens with zero attached hydrogens (tertiary/aromatic N) is 2. The number of aromatic nitrogens is 2. The second-order valence-corrected chi connectivity index (χ2v) is 10.1. The first-order chi connectivity index (χ1) is 18.8. The van der Waals surface area contributed by atoms with Gasteiger partial charge in [0.25, 0.3) is 0 Å². The third-order valence-corrected chi connectivity index (χ3v) is 6.47. The van der Waals surface area contributed by atoms with Gasteiger partial charge in [-0.05, 0) is 58.9 Å². The van der Waals surface area contributed by atoms with Crippen LogP contribution in [0.15, 0.2) is 30.5 Å². The maximum absolute atomic E-state index is 11.5. The van der Waals surface area contributed by atoms with Crippen LogP contribution in [0.3, 0.4) is 0 Å². The number of rotatable bonds is 14. The van der Waals surface area contributed by atoms with Crippen molar-refractivity contribution in [2.45, 2.75) is 25.9 Å². The molecule has 0 amide bonds. The average Bonchev–Trinajstić information content (AvgIpc) is 3.52. The van der Waals surface area contributed by atoms with Gasteiger partial charge in [-0.25, -0.2) is 0 Å². The molecule has 9 nitrogen and oxygen atoms in total. The molecule has 2 heterocycles. The summed E-state index contributed by atoms with van der Waals surface area (Å²) in [7, 11) is 11.2. The topological polar surface area (TPSA) is 92.0 Å². The monoisotopic (exact) mass is 535 g/mol. The third kappa shape index (κ3) is 6.73. The van der Waals surface area contributed by atoms with E-state index in [4.69, 9.17) is 18.9 Å². The minimum absolute atomic E-state index is 0.229.